The van der Waals surface area contributed by atoms with Gasteiger partial charge >= 0.3 is 5.97 Å². The maximum Gasteiger partial charge on any atom is 0.323 e. The van der Waals surface area contributed by atoms with Gasteiger partial charge in [0.05, 0.1) is 13.7 Å². The minimum Gasteiger partial charge on any atom is -0.468 e. The second-order valence-electron chi connectivity index (χ2n) is 5.13. The molecule has 0 spiro atoms. The van der Waals surface area contributed by atoms with Crippen LogP contribution in [-0.2, 0) is 9.53 Å². The lowest BCUT2D eigenvalue weighted by atomic mass is 9.96. The molecule has 1 unspecified atom stereocenters. The van der Waals surface area contributed by atoms with Crippen molar-refractivity contribution in [2.75, 3.05) is 13.7 Å². The van der Waals surface area contributed by atoms with Crippen LogP contribution < -0.4 is 5.32 Å². The molecular weight excluding hydrogens is 206 g/mol. The van der Waals surface area contributed by atoms with Crippen molar-refractivity contribution in [3.8, 4) is 0 Å². The maximum absolute atomic E-state index is 11.7. The van der Waals surface area contributed by atoms with Gasteiger partial charge in [0, 0.05) is 5.54 Å². The third-order valence-corrected chi connectivity index (χ3v) is 3.87. The molecule has 1 atom stereocenters. The Morgan fingerprint density at radius 2 is 2.12 bits per heavy atom. The molecule has 2 saturated carbocycles. The summed E-state index contributed by atoms with van der Waals surface area (Å²) < 4.78 is 4.83. The Kier molecular flexibility index (Phi) is 3.50. The van der Waals surface area contributed by atoms with Gasteiger partial charge in [0.1, 0.15) is 6.04 Å². The van der Waals surface area contributed by atoms with E-state index in [1.807, 2.05) is 0 Å². The molecule has 2 N–H and O–H groups in total. The van der Waals surface area contributed by atoms with Gasteiger partial charge in [-0.3, -0.25) is 10.1 Å². The van der Waals surface area contributed by atoms with Crippen LogP contribution in [0.25, 0.3) is 0 Å². The number of hydrogen-bond donors (Lipinski definition) is 2. The first-order valence-electron chi connectivity index (χ1n) is 6.17. The number of carbonyl (C=O) groups is 1. The van der Waals surface area contributed by atoms with Gasteiger partial charge in [-0.15, -0.1) is 0 Å². The van der Waals surface area contributed by atoms with E-state index in [1.54, 1.807) is 0 Å². The summed E-state index contributed by atoms with van der Waals surface area (Å²) in [6.07, 6.45) is 6.37. The van der Waals surface area contributed by atoms with E-state index in [2.05, 4.69) is 5.32 Å². The smallest absolute Gasteiger partial charge is 0.323 e. The van der Waals surface area contributed by atoms with Crippen LogP contribution in [0.3, 0.4) is 0 Å². The Hall–Kier alpha value is -0.610. The Morgan fingerprint density at radius 3 is 2.56 bits per heavy atom. The number of methoxy groups -OCH3 is 1. The lowest BCUT2D eigenvalue weighted by Crippen LogP contribution is -2.55. The van der Waals surface area contributed by atoms with Crippen molar-refractivity contribution in [2.24, 2.45) is 5.92 Å². The van der Waals surface area contributed by atoms with E-state index in [4.69, 9.17) is 4.74 Å². The highest BCUT2D eigenvalue weighted by Gasteiger charge is 2.43. The van der Waals surface area contributed by atoms with Gasteiger partial charge in [-0.25, -0.2) is 0 Å². The Balaban J connectivity index is 2.00. The number of carbonyl (C=O) groups excluding carboxylic acids is 1. The molecule has 0 aliphatic heterocycles. The molecule has 0 aromatic carbocycles. The highest BCUT2D eigenvalue weighted by atomic mass is 16.5. The minimum atomic E-state index is -0.235. The van der Waals surface area contributed by atoms with Gasteiger partial charge in [-0.1, -0.05) is 12.8 Å². The SMILES string of the molecule is COC(=O)C(NC1(CO)CCCC1)C1CC1. The Labute approximate surface area is 96.4 Å². The van der Waals surface area contributed by atoms with Crippen LogP contribution in [0.4, 0.5) is 0 Å². The van der Waals surface area contributed by atoms with Gasteiger partial charge in [0.15, 0.2) is 0 Å². The van der Waals surface area contributed by atoms with E-state index in [-0.39, 0.29) is 24.2 Å². The molecule has 0 radical (unpaired) electrons. The first-order valence-corrected chi connectivity index (χ1v) is 6.17. The van der Waals surface area contributed by atoms with Gasteiger partial charge in [-0.05, 0) is 31.6 Å². The summed E-state index contributed by atoms with van der Waals surface area (Å²) in [6, 6.07) is -0.213. The minimum absolute atomic E-state index is 0.118. The molecule has 0 amide bonds. The van der Waals surface area contributed by atoms with Gasteiger partial charge in [-0.2, -0.15) is 0 Å². The predicted molar refractivity (Wildman–Crippen MR) is 59.9 cm³/mol. The second-order valence-corrected chi connectivity index (χ2v) is 5.13. The van der Waals surface area contributed by atoms with Crippen LogP contribution in [0.1, 0.15) is 38.5 Å². The molecule has 0 aromatic rings. The van der Waals surface area contributed by atoms with E-state index < -0.39 is 0 Å². The zero-order chi connectivity index (χ0) is 11.6. The molecule has 2 rings (SSSR count). The topological polar surface area (TPSA) is 58.6 Å². The highest BCUT2D eigenvalue weighted by molar-refractivity contribution is 5.76. The Bertz CT molecular complexity index is 257. The summed E-state index contributed by atoms with van der Waals surface area (Å²) in [7, 11) is 1.43. The molecule has 2 fully saturated rings. The van der Waals surface area contributed by atoms with Crippen LogP contribution in [-0.4, -0.2) is 36.4 Å². The predicted octanol–water partition coefficient (Wildman–Crippen LogP) is 0.833. The zero-order valence-electron chi connectivity index (χ0n) is 9.87. The normalized spacial score (nSPS) is 25.4. The third kappa shape index (κ3) is 2.38. The monoisotopic (exact) mass is 227 g/mol. The van der Waals surface area contributed by atoms with Crippen LogP contribution >= 0.6 is 0 Å². The molecule has 16 heavy (non-hydrogen) atoms. The number of esters is 1. The second kappa shape index (κ2) is 4.72. The summed E-state index contributed by atoms with van der Waals surface area (Å²) in [5.74, 6) is 0.235. The quantitative estimate of drug-likeness (QED) is 0.683. The van der Waals surface area contributed by atoms with Crippen molar-refractivity contribution < 1.29 is 14.6 Å². The van der Waals surface area contributed by atoms with Crippen LogP contribution in [0.2, 0.25) is 0 Å². The van der Waals surface area contributed by atoms with Crippen LogP contribution in [0.5, 0.6) is 0 Å². The fourth-order valence-electron chi connectivity index (χ4n) is 2.66. The van der Waals surface area contributed by atoms with Crippen LogP contribution in [0.15, 0.2) is 0 Å². The van der Waals surface area contributed by atoms with E-state index in [0.717, 1.165) is 38.5 Å². The lowest BCUT2D eigenvalue weighted by molar-refractivity contribution is -0.144. The fourth-order valence-corrected chi connectivity index (χ4v) is 2.66. The van der Waals surface area contributed by atoms with Crippen molar-refractivity contribution in [1.29, 1.82) is 0 Å². The largest absolute Gasteiger partial charge is 0.468 e. The first-order chi connectivity index (χ1) is 7.71. The number of nitrogens with one attached hydrogen (secondary N) is 1. The summed E-state index contributed by atoms with van der Waals surface area (Å²) in [5, 5.41) is 12.9. The number of aliphatic hydroxyl groups is 1. The maximum atomic E-state index is 11.7. The molecule has 4 nitrogen and oxygen atoms in total. The standard InChI is InChI=1S/C12H21NO3/c1-16-11(15)10(9-4-5-9)13-12(8-14)6-2-3-7-12/h9-10,13-14H,2-8H2,1H3. The number of ether oxygens (including phenoxy) is 1. The number of aliphatic hydroxyl groups excluding tert-OH is 1. The average molecular weight is 227 g/mol. The van der Waals surface area contributed by atoms with E-state index in [0.29, 0.717) is 5.92 Å². The van der Waals surface area contributed by atoms with Crippen molar-refractivity contribution >= 4 is 5.97 Å². The lowest BCUT2D eigenvalue weighted by Gasteiger charge is -2.32. The van der Waals surface area contributed by atoms with Gasteiger partial charge in [0.2, 0.25) is 0 Å². The van der Waals surface area contributed by atoms with Crippen molar-refractivity contribution in [3.05, 3.63) is 0 Å². The molecule has 0 heterocycles. The zero-order valence-corrected chi connectivity index (χ0v) is 9.87. The van der Waals surface area contributed by atoms with Crippen molar-refractivity contribution in [3.63, 3.8) is 0 Å². The third-order valence-electron chi connectivity index (χ3n) is 3.87. The van der Waals surface area contributed by atoms with Crippen molar-refractivity contribution in [2.45, 2.75) is 50.1 Å². The molecule has 0 bridgehead atoms. The number of hydrogen-bond acceptors (Lipinski definition) is 4. The van der Waals surface area contributed by atoms with E-state index >= 15 is 0 Å². The average Bonchev–Trinajstić information content (AvgIpc) is 3.05. The summed E-state index contributed by atoms with van der Waals surface area (Å²) in [5.41, 5.74) is -0.235. The first kappa shape index (κ1) is 11.9. The summed E-state index contributed by atoms with van der Waals surface area (Å²) in [6.45, 7) is 0.118. The molecular formula is C12H21NO3. The molecule has 92 valence electrons. The van der Waals surface area contributed by atoms with Crippen molar-refractivity contribution in [1.82, 2.24) is 5.32 Å². The van der Waals surface area contributed by atoms with E-state index in [1.165, 1.54) is 7.11 Å². The summed E-state index contributed by atoms with van der Waals surface area (Å²) in [4.78, 5) is 11.7. The van der Waals surface area contributed by atoms with Crippen LogP contribution in [0, 0.1) is 5.92 Å². The fraction of sp³-hybridized carbons (Fsp3) is 0.917. The molecule has 2 aliphatic carbocycles. The highest BCUT2D eigenvalue weighted by Crippen LogP contribution is 2.37. The molecule has 4 heteroatoms. The molecule has 2 aliphatic rings. The van der Waals surface area contributed by atoms with Gasteiger partial charge in [0.25, 0.3) is 0 Å². The molecule has 0 saturated heterocycles. The van der Waals surface area contributed by atoms with E-state index in [9.17, 15) is 9.90 Å². The molecule has 0 aromatic heterocycles. The van der Waals surface area contributed by atoms with Gasteiger partial charge < -0.3 is 9.84 Å². The summed E-state index contributed by atoms with van der Waals surface area (Å²) >= 11 is 0. The Morgan fingerprint density at radius 1 is 1.50 bits per heavy atom. The number of rotatable bonds is 5.